The highest BCUT2D eigenvalue weighted by molar-refractivity contribution is 5.94. The first kappa shape index (κ1) is 19.1. The molecule has 140 valence electrons. The second-order valence-electron chi connectivity index (χ2n) is 6.00. The summed E-state index contributed by atoms with van der Waals surface area (Å²) in [5, 5.41) is 18.9. The van der Waals surface area contributed by atoms with Crippen molar-refractivity contribution in [3.63, 3.8) is 0 Å². The van der Waals surface area contributed by atoms with Gasteiger partial charge in [-0.25, -0.2) is 4.79 Å². The number of aromatic carboxylic acids is 1. The van der Waals surface area contributed by atoms with Gasteiger partial charge in [0.25, 0.3) is 0 Å². The van der Waals surface area contributed by atoms with Crippen molar-refractivity contribution in [2.75, 3.05) is 7.11 Å². The van der Waals surface area contributed by atoms with Crippen LogP contribution in [0.4, 0.5) is 0 Å². The van der Waals surface area contributed by atoms with Crippen LogP contribution in [-0.4, -0.2) is 29.5 Å². The summed E-state index contributed by atoms with van der Waals surface area (Å²) in [7, 11) is 1.54. The van der Waals surface area contributed by atoms with E-state index in [4.69, 9.17) is 9.47 Å². The van der Waals surface area contributed by atoms with Gasteiger partial charge in [-0.2, -0.15) is 5.26 Å². The molecule has 0 radical (unpaired) electrons. The van der Waals surface area contributed by atoms with Crippen LogP contribution in [0.2, 0.25) is 0 Å². The van der Waals surface area contributed by atoms with E-state index in [2.05, 4.69) is 11.1 Å². The van der Waals surface area contributed by atoms with Crippen molar-refractivity contribution >= 4 is 5.97 Å². The number of hydrogen-bond donors (Lipinski definition) is 1. The zero-order chi connectivity index (χ0) is 19.9. The molecule has 1 N–H and O–H groups in total. The molecule has 2 aromatic carbocycles. The Bertz CT molecular complexity index is 1010. The third kappa shape index (κ3) is 4.34. The van der Waals surface area contributed by atoms with E-state index >= 15 is 0 Å². The van der Waals surface area contributed by atoms with Crippen LogP contribution >= 0.6 is 0 Å². The van der Waals surface area contributed by atoms with Gasteiger partial charge in [-0.05, 0) is 35.9 Å². The molecule has 3 aromatic rings. The molecule has 28 heavy (non-hydrogen) atoms. The van der Waals surface area contributed by atoms with Gasteiger partial charge in [0.15, 0.2) is 0 Å². The molecule has 1 atom stereocenters. The maximum Gasteiger partial charge on any atom is 0.337 e. The lowest BCUT2D eigenvalue weighted by molar-refractivity contribution is -0.0521. The molecule has 0 bridgehead atoms. The van der Waals surface area contributed by atoms with Crippen LogP contribution in [-0.2, 0) is 11.2 Å². The minimum atomic E-state index is -1.08. The number of methoxy groups -OCH3 is 1. The zero-order valence-electron chi connectivity index (χ0n) is 15.2. The molecule has 3 rings (SSSR count). The smallest absolute Gasteiger partial charge is 0.337 e. The summed E-state index contributed by atoms with van der Waals surface area (Å²) in [6.07, 6.45) is 1.47. The highest BCUT2D eigenvalue weighted by atomic mass is 16.7. The Kier molecular flexibility index (Phi) is 6.00. The highest BCUT2D eigenvalue weighted by Crippen LogP contribution is 2.28. The molecule has 0 saturated carbocycles. The molecule has 0 aliphatic heterocycles. The number of carboxylic acid groups (broad SMARTS) is 1. The number of ether oxygens (including phenoxy) is 2. The lowest BCUT2D eigenvalue weighted by Crippen LogP contribution is -2.22. The average Bonchev–Trinajstić information content (AvgIpc) is 2.74. The van der Waals surface area contributed by atoms with Gasteiger partial charge in [-0.15, -0.1) is 0 Å². The molecule has 6 heteroatoms. The van der Waals surface area contributed by atoms with E-state index in [1.807, 2.05) is 30.3 Å². The summed E-state index contributed by atoms with van der Waals surface area (Å²) in [4.78, 5) is 15.6. The Labute approximate surface area is 162 Å². The van der Waals surface area contributed by atoms with Gasteiger partial charge in [0.2, 0.25) is 6.29 Å². The fraction of sp³-hybridized carbons (Fsp3) is 0.136. The molecule has 0 aliphatic rings. The van der Waals surface area contributed by atoms with E-state index < -0.39 is 12.3 Å². The maximum atomic E-state index is 11.4. The van der Waals surface area contributed by atoms with E-state index in [1.165, 1.54) is 12.3 Å². The Morgan fingerprint density at radius 1 is 1.18 bits per heavy atom. The predicted molar refractivity (Wildman–Crippen MR) is 103 cm³/mol. The third-order valence-corrected chi connectivity index (χ3v) is 4.18. The van der Waals surface area contributed by atoms with Crippen LogP contribution in [0.5, 0.6) is 5.75 Å². The largest absolute Gasteiger partial charge is 0.478 e. The van der Waals surface area contributed by atoms with E-state index in [0.717, 1.165) is 5.56 Å². The highest BCUT2D eigenvalue weighted by Gasteiger charge is 2.17. The molecule has 0 amide bonds. The molecule has 1 aromatic heterocycles. The molecular formula is C22H18N2O4. The van der Waals surface area contributed by atoms with Crippen molar-refractivity contribution < 1.29 is 19.4 Å². The lowest BCUT2D eigenvalue weighted by Gasteiger charge is -2.19. The van der Waals surface area contributed by atoms with Crippen LogP contribution in [0.15, 0.2) is 66.9 Å². The number of carboxylic acids is 1. The number of benzene rings is 2. The third-order valence-electron chi connectivity index (χ3n) is 4.18. The van der Waals surface area contributed by atoms with Crippen LogP contribution in [0.3, 0.4) is 0 Å². The van der Waals surface area contributed by atoms with Crippen molar-refractivity contribution in [2.45, 2.75) is 12.7 Å². The first-order valence-electron chi connectivity index (χ1n) is 8.58. The SMILES string of the molecule is COC(Cc1ccccc1)Oc1ccc(-c2ncccc2C(=O)O)cc1C#N. The summed E-state index contributed by atoms with van der Waals surface area (Å²) in [5.41, 5.74) is 2.21. The molecule has 0 saturated heterocycles. The van der Waals surface area contributed by atoms with Crippen LogP contribution < -0.4 is 4.74 Å². The zero-order valence-corrected chi connectivity index (χ0v) is 15.2. The molecular weight excluding hydrogens is 356 g/mol. The predicted octanol–water partition coefficient (Wildman–Crippen LogP) is 3.91. The van der Waals surface area contributed by atoms with Crippen molar-refractivity contribution in [1.82, 2.24) is 4.98 Å². The number of nitrogens with zero attached hydrogens (tertiary/aromatic N) is 2. The number of carbonyl (C=O) groups is 1. The van der Waals surface area contributed by atoms with Crippen LogP contribution in [0.25, 0.3) is 11.3 Å². The van der Waals surface area contributed by atoms with Crippen LogP contribution in [0.1, 0.15) is 21.5 Å². The van der Waals surface area contributed by atoms with E-state index in [0.29, 0.717) is 23.4 Å². The number of hydrogen-bond acceptors (Lipinski definition) is 5. The van der Waals surface area contributed by atoms with Gasteiger partial charge in [0.05, 0.1) is 16.8 Å². The second kappa shape index (κ2) is 8.80. The van der Waals surface area contributed by atoms with Gasteiger partial charge in [0.1, 0.15) is 11.8 Å². The molecule has 1 unspecified atom stereocenters. The molecule has 0 fully saturated rings. The Hall–Kier alpha value is -3.69. The summed E-state index contributed by atoms with van der Waals surface area (Å²) >= 11 is 0. The molecule has 0 aliphatic carbocycles. The molecule has 0 spiro atoms. The monoisotopic (exact) mass is 374 g/mol. The summed E-state index contributed by atoms with van der Waals surface area (Å²) in [5.74, 6) is -0.717. The minimum Gasteiger partial charge on any atom is -0.478 e. The maximum absolute atomic E-state index is 11.4. The van der Waals surface area contributed by atoms with Gasteiger partial charge < -0.3 is 14.6 Å². The second-order valence-corrected chi connectivity index (χ2v) is 6.00. The number of rotatable bonds is 7. The summed E-state index contributed by atoms with van der Waals surface area (Å²) < 4.78 is 11.3. The Balaban J connectivity index is 1.88. The van der Waals surface area contributed by atoms with Gasteiger partial charge in [-0.3, -0.25) is 4.98 Å². The first-order valence-corrected chi connectivity index (χ1v) is 8.58. The van der Waals surface area contributed by atoms with Gasteiger partial charge in [-0.1, -0.05) is 30.3 Å². The number of aromatic nitrogens is 1. The quantitative estimate of drug-likeness (QED) is 0.630. The summed E-state index contributed by atoms with van der Waals surface area (Å²) in [6, 6.07) is 19.7. The minimum absolute atomic E-state index is 0.0684. The van der Waals surface area contributed by atoms with Crippen LogP contribution in [0, 0.1) is 11.3 Å². The summed E-state index contributed by atoms with van der Waals surface area (Å²) in [6.45, 7) is 0. The standard InChI is InChI=1S/C22H18N2O4/c1-27-20(12-15-6-3-2-4-7-15)28-19-10-9-16(13-17(19)14-23)21-18(22(25)26)8-5-11-24-21/h2-11,13,20H,12H2,1H3,(H,25,26). The Morgan fingerprint density at radius 3 is 2.64 bits per heavy atom. The van der Waals surface area contributed by atoms with E-state index in [1.54, 1.807) is 31.4 Å². The Morgan fingerprint density at radius 2 is 1.96 bits per heavy atom. The topological polar surface area (TPSA) is 92.4 Å². The average molecular weight is 374 g/mol. The van der Waals surface area contributed by atoms with Gasteiger partial charge >= 0.3 is 5.97 Å². The molecule has 6 nitrogen and oxygen atoms in total. The number of nitriles is 1. The van der Waals surface area contributed by atoms with Crippen molar-refractivity contribution in [1.29, 1.82) is 5.26 Å². The normalized spacial score (nSPS) is 11.4. The fourth-order valence-electron chi connectivity index (χ4n) is 2.80. The van der Waals surface area contributed by atoms with Gasteiger partial charge in [0, 0.05) is 25.3 Å². The van der Waals surface area contributed by atoms with Crippen molar-refractivity contribution in [2.24, 2.45) is 0 Å². The van der Waals surface area contributed by atoms with E-state index in [9.17, 15) is 15.2 Å². The van der Waals surface area contributed by atoms with Crippen molar-refractivity contribution in [3.05, 3.63) is 83.6 Å². The number of pyridine rings is 1. The lowest BCUT2D eigenvalue weighted by atomic mass is 10.0. The molecule has 1 heterocycles. The fourth-order valence-corrected chi connectivity index (χ4v) is 2.80. The van der Waals surface area contributed by atoms with Crippen molar-refractivity contribution in [3.8, 4) is 23.1 Å². The first-order chi connectivity index (χ1) is 13.6. The van der Waals surface area contributed by atoms with E-state index in [-0.39, 0.29) is 11.1 Å².